The van der Waals surface area contributed by atoms with E-state index in [0.717, 1.165) is 162 Å². The van der Waals surface area contributed by atoms with Crippen LogP contribution in [0.25, 0.3) is 76.8 Å². The van der Waals surface area contributed by atoms with Gasteiger partial charge in [0.05, 0.1) is 11.1 Å². The number of ether oxygens (including phenoxy) is 2. The van der Waals surface area contributed by atoms with Gasteiger partial charge >= 0.3 is 12.4 Å². The molecule has 0 atom stereocenters. The number of hydrogen-bond acceptors (Lipinski definition) is 2. The number of benzene rings is 10. The molecule has 0 radical (unpaired) electrons. The predicted octanol–water partition coefficient (Wildman–Crippen LogP) is 13.6. The molecule has 0 fully saturated rings. The van der Waals surface area contributed by atoms with E-state index in [-0.39, 0.29) is 18.2 Å². The Labute approximate surface area is 412 Å². The van der Waals surface area contributed by atoms with Crippen LogP contribution in [-0.2, 0) is 12.4 Å². The molecule has 0 aromatic heterocycles. The minimum absolute atomic E-state index is 0.106. The Morgan fingerprint density at radius 1 is 0.333 bits per heavy atom. The lowest BCUT2D eigenvalue weighted by Crippen LogP contribution is -2.58. The van der Waals surface area contributed by atoms with E-state index in [1.54, 1.807) is 0 Å². The Balaban J connectivity index is 1.26. The average molecular weight is 955 g/mol. The lowest BCUT2D eigenvalue weighted by atomic mass is 9.31. The molecule has 4 aliphatic heterocycles. The molecule has 14 rings (SSSR count). The molecule has 0 saturated carbocycles. The Morgan fingerprint density at radius 3 is 1.25 bits per heavy atom. The van der Waals surface area contributed by atoms with Crippen molar-refractivity contribution in [2.24, 2.45) is 0 Å². The van der Waals surface area contributed by atoms with Crippen molar-refractivity contribution in [1.29, 1.82) is 0 Å². The molecule has 2 nitrogen and oxygen atoms in total. The summed E-state index contributed by atoms with van der Waals surface area (Å²) in [6, 6.07) is 34.1. The highest BCUT2D eigenvalue weighted by molar-refractivity contribution is 7.01. The Morgan fingerprint density at radius 2 is 0.750 bits per heavy atom. The first-order valence-electron chi connectivity index (χ1n) is 24.3. The summed E-state index contributed by atoms with van der Waals surface area (Å²) < 4.78 is 103. The summed E-state index contributed by atoms with van der Waals surface area (Å²) in [5.74, 6) is 1.39. The third-order valence-electron chi connectivity index (χ3n) is 16.2. The molecule has 4 aliphatic rings. The number of halogens is 6. The predicted molar refractivity (Wildman–Crippen MR) is 282 cm³/mol. The van der Waals surface area contributed by atoms with Gasteiger partial charge < -0.3 is 9.47 Å². The van der Waals surface area contributed by atoms with E-state index < -0.39 is 30.2 Å². The molecule has 350 valence electrons. The lowest BCUT2D eigenvalue weighted by molar-refractivity contribution is -0.138. The van der Waals surface area contributed by atoms with Crippen molar-refractivity contribution < 1.29 is 35.8 Å². The van der Waals surface area contributed by atoms with Gasteiger partial charge in [0.1, 0.15) is 23.0 Å². The monoisotopic (exact) mass is 954 g/mol. The fourth-order valence-electron chi connectivity index (χ4n) is 13.7. The highest BCUT2D eigenvalue weighted by Crippen LogP contribution is 2.53. The molecule has 0 aliphatic carbocycles. The molecule has 10 aromatic rings. The molecular formula is C62H42B2F6O2. The van der Waals surface area contributed by atoms with Crippen LogP contribution in [0.3, 0.4) is 0 Å². The van der Waals surface area contributed by atoms with Gasteiger partial charge in [0, 0.05) is 0 Å². The van der Waals surface area contributed by atoms with Gasteiger partial charge in [0.2, 0.25) is 0 Å². The summed E-state index contributed by atoms with van der Waals surface area (Å²) in [5.41, 5.74) is 18.8. The average Bonchev–Trinajstić information content (AvgIpc) is 3.29. The van der Waals surface area contributed by atoms with Crippen LogP contribution in [0.1, 0.15) is 55.6 Å². The molecule has 72 heavy (non-hydrogen) atoms. The highest BCUT2D eigenvalue weighted by atomic mass is 19.4. The normalized spacial score (nSPS) is 13.9. The van der Waals surface area contributed by atoms with E-state index in [9.17, 15) is 13.2 Å². The van der Waals surface area contributed by atoms with E-state index in [1.165, 1.54) is 12.1 Å². The van der Waals surface area contributed by atoms with E-state index in [4.69, 9.17) is 9.47 Å². The summed E-state index contributed by atoms with van der Waals surface area (Å²) in [7, 11) is 0. The largest absolute Gasteiger partial charge is 0.458 e. The lowest BCUT2D eigenvalue weighted by Gasteiger charge is -2.38. The molecule has 0 bridgehead atoms. The zero-order valence-corrected chi connectivity index (χ0v) is 40.6. The van der Waals surface area contributed by atoms with Gasteiger partial charge in [0.15, 0.2) is 0 Å². The number of aryl methyl sites for hydroxylation is 8. The van der Waals surface area contributed by atoms with Gasteiger partial charge in [-0.1, -0.05) is 88.8 Å². The summed E-state index contributed by atoms with van der Waals surface area (Å²) in [4.78, 5) is 0. The minimum atomic E-state index is -4.79. The molecule has 10 aromatic carbocycles. The van der Waals surface area contributed by atoms with E-state index >= 15 is 13.2 Å². The van der Waals surface area contributed by atoms with E-state index in [2.05, 4.69) is 134 Å². The summed E-state index contributed by atoms with van der Waals surface area (Å²) in [6.07, 6.45) is -9.51. The van der Waals surface area contributed by atoms with Crippen molar-refractivity contribution in [3.63, 3.8) is 0 Å². The van der Waals surface area contributed by atoms with Crippen molar-refractivity contribution in [3.8, 4) is 67.5 Å². The molecular weight excluding hydrogens is 912 g/mol. The summed E-state index contributed by atoms with van der Waals surface area (Å²) in [6.45, 7) is 15.8. The fraction of sp³-hybridized carbons (Fsp3) is 0.161. The van der Waals surface area contributed by atoms with Gasteiger partial charge in [-0.25, -0.2) is 0 Å². The fourth-order valence-corrected chi connectivity index (χ4v) is 13.7. The van der Waals surface area contributed by atoms with Gasteiger partial charge in [0.25, 0.3) is 13.4 Å². The van der Waals surface area contributed by atoms with Gasteiger partial charge in [-0.05, 0) is 230 Å². The van der Waals surface area contributed by atoms with Gasteiger partial charge in [-0.2, -0.15) is 26.3 Å². The van der Waals surface area contributed by atoms with Crippen molar-refractivity contribution in [3.05, 3.63) is 165 Å². The zero-order valence-electron chi connectivity index (χ0n) is 40.6. The summed E-state index contributed by atoms with van der Waals surface area (Å²) in [5, 5.41) is 5.67. The quantitative estimate of drug-likeness (QED) is 0.0977. The molecule has 0 N–H and O–H groups in total. The van der Waals surface area contributed by atoms with Crippen LogP contribution in [0.2, 0.25) is 0 Å². The second-order valence-electron chi connectivity index (χ2n) is 21.0. The first-order chi connectivity index (χ1) is 34.2. The second-order valence-corrected chi connectivity index (χ2v) is 21.0. The summed E-state index contributed by atoms with van der Waals surface area (Å²) >= 11 is 0. The maximum atomic E-state index is 15.3. The highest BCUT2D eigenvalue weighted by Gasteiger charge is 2.46. The van der Waals surface area contributed by atoms with Gasteiger partial charge in [-0.3, -0.25) is 0 Å². The smallest absolute Gasteiger partial charge is 0.416 e. The third-order valence-corrected chi connectivity index (χ3v) is 16.2. The van der Waals surface area contributed by atoms with Crippen LogP contribution in [0.5, 0.6) is 23.0 Å². The van der Waals surface area contributed by atoms with Crippen LogP contribution in [0.4, 0.5) is 26.3 Å². The van der Waals surface area contributed by atoms with E-state index in [0.29, 0.717) is 22.1 Å². The number of hydrogen-bond donors (Lipinski definition) is 0. The van der Waals surface area contributed by atoms with Crippen LogP contribution in [0.15, 0.2) is 109 Å². The standard InChI is InChI=1S/C62H42B2F6O2/c1-27-9-11-45-49(18-27)71-51-19-30(4)17-43-39-23-37(53-31(5)13-28(2)14-32(53)6)41-26-48-56-40(44-20-36(62(68,69)70)22-52-60(44)64(48)46-12-10-35(61(65,66)67)21-50(46)72-52)24-38(54-33(7)15-29(3)16-34(54)8)42-25-47(63(45)59(43)51)55(39)57(41)58(42)56/h9-26H,1-8H3. The third kappa shape index (κ3) is 5.78. The van der Waals surface area contributed by atoms with Crippen molar-refractivity contribution in [2.45, 2.75) is 67.7 Å². The molecule has 0 unspecified atom stereocenters. The molecule has 4 heterocycles. The first-order valence-corrected chi connectivity index (χ1v) is 24.3. The molecule has 0 saturated heterocycles. The minimum Gasteiger partial charge on any atom is -0.458 e. The van der Waals surface area contributed by atoms with Crippen LogP contribution >= 0.6 is 0 Å². The van der Waals surface area contributed by atoms with Crippen molar-refractivity contribution in [2.75, 3.05) is 0 Å². The van der Waals surface area contributed by atoms with Gasteiger partial charge in [-0.15, -0.1) is 0 Å². The maximum absolute atomic E-state index is 15.3. The maximum Gasteiger partial charge on any atom is 0.416 e. The SMILES string of the molecule is Cc1cc(C)c(-c2cc3c4c(cc5c(-c6c(C)cc(C)cc6C)cc6c7c(cc2c4c57)B2c4ccc(C(F)(F)F)cc4Oc4cc(C(F)(F)F)cc-6c42)B2c4ccc(C)cc4Oc4cc(C)cc-3c42)c(C)c1. The van der Waals surface area contributed by atoms with Crippen LogP contribution < -0.4 is 42.3 Å². The molecule has 0 spiro atoms. The number of rotatable bonds is 2. The second kappa shape index (κ2) is 14.2. The van der Waals surface area contributed by atoms with Crippen LogP contribution in [-0.4, -0.2) is 13.4 Å². The zero-order chi connectivity index (χ0) is 49.9. The first kappa shape index (κ1) is 43.3. The van der Waals surface area contributed by atoms with Crippen molar-refractivity contribution >= 4 is 78.5 Å². The molecule has 0 amide bonds. The Hall–Kier alpha value is -7.45. The Kier molecular flexibility index (Phi) is 8.52. The Bertz CT molecular complexity index is 4140. The van der Waals surface area contributed by atoms with Crippen molar-refractivity contribution in [1.82, 2.24) is 0 Å². The van der Waals surface area contributed by atoms with E-state index in [1.807, 2.05) is 0 Å². The van der Waals surface area contributed by atoms with Crippen LogP contribution in [0, 0.1) is 55.4 Å². The number of fused-ring (bicyclic) bond motifs is 8. The number of alkyl halides is 6. The molecule has 10 heteroatoms. The topological polar surface area (TPSA) is 18.5 Å².